The number of nitrogens with zero attached hydrogens (tertiary/aromatic N) is 1. The van der Waals surface area contributed by atoms with Crippen LogP contribution >= 0.6 is 0 Å². The van der Waals surface area contributed by atoms with Gasteiger partial charge < -0.3 is 21.9 Å². The number of anilines is 1. The maximum atomic E-state index is 12.0. The van der Waals surface area contributed by atoms with E-state index in [1.807, 2.05) is 24.3 Å². The van der Waals surface area contributed by atoms with Crippen molar-refractivity contribution in [2.75, 3.05) is 11.9 Å². The summed E-state index contributed by atoms with van der Waals surface area (Å²) in [7, 11) is 0. The van der Waals surface area contributed by atoms with E-state index < -0.39 is 0 Å². The van der Waals surface area contributed by atoms with Gasteiger partial charge in [0.25, 0.3) is 0 Å². The molecule has 0 radical (unpaired) electrons. The lowest BCUT2D eigenvalue weighted by Crippen LogP contribution is -2.24. The number of amides is 1. The predicted molar refractivity (Wildman–Crippen MR) is 108 cm³/mol. The van der Waals surface area contributed by atoms with E-state index in [-0.39, 0.29) is 29.0 Å². The van der Waals surface area contributed by atoms with Gasteiger partial charge in [-0.25, -0.2) is 0 Å². The van der Waals surface area contributed by atoms with E-state index in [4.69, 9.17) is 11.5 Å². The number of allylic oxidation sites excluding steroid dienone is 1. The number of carbonyl (C=O) groups excluding carboxylic acids is 1. The number of guanidine groups is 1. The summed E-state index contributed by atoms with van der Waals surface area (Å²) < 4.78 is 0. The normalized spacial score (nSPS) is 12.3. The summed E-state index contributed by atoms with van der Waals surface area (Å²) >= 11 is 0. The first kappa shape index (κ1) is 21.5. The van der Waals surface area contributed by atoms with E-state index in [0.29, 0.717) is 19.4 Å². The van der Waals surface area contributed by atoms with Crippen molar-refractivity contribution >= 4 is 17.6 Å². The average Bonchev–Trinajstić information content (AvgIpc) is 2.52. The molecule has 0 aliphatic rings. The Labute approximate surface area is 156 Å². The van der Waals surface area contributed by atoms with Gasteiger partial charge >= 0.3 is 0 Å². The zero-order chi connectivity index (χ0) is 19.7. The van der Waals surface area contributed by atoms with Crippen LogP contribution in [-0.2, 0) is 11.2 Å². The maximum Gasteiger partial charge on any atom is 0.224 e. The fourth-order valence-corrected chi connectivity index (χ4v) is 2.71. The van der Waals surface area contributed by atoms with Crippen molar-refractivity contribution in [2.24, 2.45) is 27.8 Å². The molecule has 0 bridgehead atoms. The number of aliphatic hydroxyl groups is 1. The number of unbranched alkanes of at least 4 members (excludes halogenated alkanes) is 1. The molecule has 0 saturated heterocycles. The maximum absolute atomic E-state index is 12.0. The number of aliphatic imine (C=N–C) groups is 1. The molecular weight excluding hydrogens is 328 g/mol. The smallest absolute Gasteiger partial charge is 0.224 e. The molecule has 1 amide bonds. The van der Waals surface area contributed by atoms with E-state index in [1.54, 1.807) is 0 Å². The number of rotatable bonds is 9. The number of aliphatic hydroxyl groups excluding tert-OH is 1. The van der Waals surface area contributed by atoms with Crippen LogP contribution in [0.1, 0.15) is 45.6 Å². The summed E-state index contributed by atoms with van der Waals surface area (Å²) in [5.41, 5.74) is 12.3. The Morgan fingerprint density at radius 3 is 2.35 bits per heavy atom. The van der Waals surface area contributed by atoms with Crippen molar-refractivity contribution in [3.63, 3.8) is 0 Å². The molecule has 0 saturated carbocycles. The van der Waals surface area contributed by atoms with Crippen molar-refractivity contribution in [3.05, 3.63) is 42.2 Å². The third kappa shape index (κ3) is 8.05. The molecule has 6 nitrogen and oxygen atoms in total. The number of nitrogens with two attached hydrogens (primary N) is 2. The van der Waals surface area contributed by atoms with Gasteiger partial charge in [-0.05, 0) is 42.4 Å². The molecule has 1 unspecified atom stereocenters. The minimum absolute atomic E-state index is 0.0202. The van der Waals surface area contributed by atoms with Crippen LogP contribution < -0.4 is 16.8 Å². The molecule has 0 aliphatic carbocycles. The van der Waals surface area contributed by atoms with Crippen molar-refractivity contribution < 1.29 is 9.90 Å². The van der Waals surface area contributed by atoms with Gasteiger partial charge in [0.15, 0.2) is 5.96 Å². The molecule has 6 heteroatoms. The molecule has 1 aromatic carbocycles. The standard InChI is InChI=1S/C20H32N4O2/c1-14(25)17(20(2,3)4)13-15-8-10-16(11-9-15)24-18(26)7-5-6-12-23-19(21)22/h8-11,17,25H,1,5-7,12-13H2,2-4H3,(H,24,26)(H4,21,22,23). The van der Waals surface area contributed by atoms with Gasteiger partial charge in [0.1, 0.15) is 0 Å². The Bertz CT molecular complexity index is 626. The van der Waals surface area contributed by atoms with Crippen molar-refractivity contribution in [1.82, 2.24) is 0 Å². The van der Waals surface area contributed by atoms with Crippen LogP contribution in [0.3, 0.4) is 0 Å². The number of hydrogen-bond acceptors (Lipinski definition) is 3. The van der Waals surface area contributed by atoms with Crippen molar-refractivity contribution in [1.29, 1.82) is 0 Å². The zero-order valence-corrected chi connectivity index (χ0v) is 16.1. The van der Waals surface area contributed by atoms with Crippen LogP contribution in [0, 0.1) is 11.3 Å². The molecule has 0 spiro atoms. The largest absolute Gasteiger partial charge is 0.513 e. The third-order valence-corrected chi connectivity index (χ3v) is 4.23. The van der Waals surface area contributed by atoms with E-state index >= 15 is 0 Å². The van der Waals surface area contributed by atoms with Gasteiger partial charge in [-0.2, -0.15) is 0 Å². The van der Waals surface area contributed by atoms with E-state index in [1.165, 1.54) is 0 Å². The second-order valence-electron chi connectivity index (χ2n) is 7.62. The third-order valence-electron chi connectivity index (χ3n) is 4.23. The zero-order valence-electron chi connectivity index (χ0n) is 16.1. The minimum atomic E-state index is -0.0721. The second kappa shape index (κ2) is 9.85. The Kier molecular flexibility index (Phi) is 8.16. The average molecular weight is 361 g/mol. The molecule has 0 aliphatic heterocycles. The van der Waals surface area contributed by atoms with Gasteiger partial charge in [0, 0.05) is 24.6 Å². The summed E-state index contributed by atoms with van der Waals surface area (Å²) in [5, 5.41) is 12.7. The Morgan fingerprint density at radius 1 is 1.23 bits per heavy atom. The first-order chi connectivity index (χ1) is 12.1. The Balaban J connectivity index is 2.50. The SMILES string of the molecule is C=C(O)C(Cc1ccc(NC(=O)CCCCN=C(N)N)cc1)C(C)(C)C. The fourth-order valence-electron chi connectivity index (χ4n) is 2.71. The molecular formula is C20H32N4O2. The molecule has 1 aromatic rings. The van der Waals surface area contributed by atoms with Gasteiger partial charge in [0.2, 0.25) is 5.91 Å². The van der Waals surface area contributed by atoms with Crippen molar-refractivity contribution in [3.8, 4) is 0 Å². The first-order valence-electron chi connectivity index (χ1n) is 8.91. The molecule has 1 rings (SSSR count). The van der Waals surface area contributed by atoms with Crippen LogP contribution in [0.5, 0.6) is 0 Å². The molecule has 6 N–H and O–H groups in total. The fraction of sp³-hybridized carbons (Fsp3) is 0.500. The first-order valence-corrected chi connectivity index (χ1v) is 8.91. The summed E-state index contributed by atoms with van der Waals surface area (Å²) in [6.45, 7) is 10.5. The molecule has 1 atom stereocenters. The monoisotopic (exact) mass is 360 g/mol. The highest BCUT2D eigenvalue weighted by molar-refractivity contribution is 5.90. The molecule has 26 heavy (non-hydrogen) atoms. The van der Waals surface area contributed by atoms with Gasteiger partial charge in [0.05, 0.1) is 5.76 Å². The summed E-state index contributed by atoms with van der Waals surface area (Å²) in [6, 6.07) is 7.70. The van der Waals surface area contributed by atoms with Crippen LogP contribution in [-0.4, -0.2) is 23.5 Å². The van der Waals surface area contributed by atoms with Crippen LogP contribution in [0.25, 0.3) is 0 Å². The highest BCUT2D eigenvalue weighted by atomic mass is 16.3. The summed E-state index contributed by atoms with van der Waals surface area (Å²) in [5.74, 6) is 0.232. The lowest BCUT2D eigenvalue weighted by Gasteiger charge is -2.30. The van der Waals surface area contributed by atoms with Crippen LogP contribution in [0.15, 0.2) is 41.6 Å². The predicted octanol–water partition coefficient (Wildman–Crippen LogP) is 3.35. The van der Waals surface area contributed by atoms with E-state index in [2.05, 4.69) is 37.7 Å². The van der Waals surface area contributed by atoms with Crippen LogP contribution in [0.2, 0.25) is 0 Å². The molecule has 0 fully saturated rings. The van der Waals surface area contributed by atoms with Gasteiger partial charge in [-0.3, -0.25) is 9.79 Å². The molecule has 0 aromatic heterocycles. The number of nitrogens with one attached hydrogen (secondary N) is 1. The number of carbonyl (C=O) groups is 1. The summed E-state index contributed by atoms with van der Waals surface area (Å²) in [6.07, 6.45) is 2.63. The minimum Gasteiger partial charge on any atom is -0.513 e. The van der Waals surface area contributed by atoms with Gasteiger partial charge in [-0.1, -0.05) is 39.5 Å². The van der Waals surface area contributed by atoms with Crippen LogP contribution in [0.4, 0.5) is 5.69 Å². The number of benzene rings is 1. The van der Waals surface area contributed by atoms with Gasteiger partial charge in [-0.15, -0.1) is 0 Å². The lowest BCUT2D eigenvalue weighted by molar-refractivity contribution is -0.116. The Morgan fingerprint density at radius 2 is 1.85 bits per heavy atom. The highest BCUT2D eigenvalue weighted by Gasteiger charge is 2.27. The topological polar surface area (TPSA) is 114 Å². The van der Waals surface area contributed by atoms with E-state index in [0.717, 1.165) is 24.1 Å². The Hall–Kier alpha value is -2.50. The summed E-state index contributed by atoms with van der Waals surface area (Å²) in [4.78, 5) is 15.8. The molecule has 144 valence electrons. The number of hydrogen-bond donors (Lipinski definition) is 4. The van der Waals surface area contributed by atoms with Crippen molar-refractivity contribution in [2.45, 2.75) is 46.5 Å². The highest BCUT2D eigenvalue weighted by Crippen LogP contribution is 2.33. The second-order valence-corrected chi connectivity index (χ2v) is 7.62. The lowest BCUT2D eigenvalue weighted by atomic mass is 9.76. The van der Waals surface area contributed by atoms with E-state index in [9.17, 15) is 9.90 Å². The quantitative estimate of drug-likeness (QED) is 0.234. The molecule has 0 heterocycles.